The van der Waals surface area contributed by atoms with Crippen LogP contribution in [0.5, 0.6) is 0 Å². The van der Waals surface area contributed by atoms with Crippen molar-refractivity contribution in [3.05, 3.63) is 35.1 Å². The van der Waals surface area contributed by atoms with Crippen molar-refractivity contribution < 1.29 is 18.8 Å². The summed E-state index contributed by atoms with van der Waals surface area (Å²) in [5.74, 6) is -0.658. The summed E-state index contributed by atoms with van der Waals surface area (Å²) in [5, 5.41) is 12.3. The number of nitriles is 1. The molecule has 6 nitrogen and oxygen atoms in total. The molecular formula is C18H25BN2O4. The molecule has 2 rings (SSSR count). The van der Waals surface area contributed by atoms with Crippen molar-refractivity contribution in [2.75, 3.05) is 0 Å². The predicted molar refractivity (Wildman–Crippen MR) is 94.9 cm³/mol. The Morgan fingerprint density at radius 3 is 2.16 bits per heavy atom. The van der Waals surface area contributed by atoms with Crippen molar-refractivity contribution in [3.63, 3.8) is 0 Å². The van der Waals surface area contributed by atoms with Gasteiger partial charge in [-0.2, -0.15) is 5.26 Å². The number of hydrogen-bond donors (Lipinski definition) is 1. The molecule has 1 N–H and O–H groups in total. The zero-order chi connectivity index (χ0) is 19.0. The second-order valence-electron chi connectivity index (χ2n) is 8.11. The zero-order valence-electron chi connectivity index (χ0n) is 15.9. The number of nitrogens with zero attached hydrogens (tertiary/aromatic N) is 1. The molecule has 2 aliphatic rings. The summed E-state index contributed by atoms with van der Waals surface area (Å²) in [6.45, 7) is 13.2. The van der Waals surface area contributed by atoms with Gasteiger partial charge in [-0.15, -0.1) is 0 Å². The van der Waals surface area contributed by atoms with Gasteiger partial charge in [0.25, 0.3) is 0 Å². The van der Waals surface area contributed by atoms with Gasteiger partial charge in [-0.05, 0) is 60.0 Å². The first-order valence-corrected chi connectivity index (χ1v) is 8.24. The molecule has 25 heavy (non-hydrogen) atoms. The first-order valence-electron chi connectivity index (χ1n) is 8.24. The number of rotatable bonds is 2. The van der Waals surface area contributed by atoms with E-state index in [0.29, 0.717) is 5.70 Å². The van der Waals surface area contributed by atoms with Crippen LogP contribution < -0.4 is 5.32 Å². The van der Waals surface area contributed by atoms with Gasteiger partial charge in [-0.25, -0.2) is 4.79 Å². The van der Waals surface area contributed by atoms with Crippen LogP contribution in [0, 0.1) is 11.3 Å². The Morgan fingerprint density at radius 2 is 1.76 bits per heavy atom. The number of hydrogen-bond acceptors (Lipinski definition) is 6. The molecule has 0 spiro atoms. The minimum absolute atomic E-state index is 0.0737. The summed E-state index contributed by atoms with van der Waals surface area (Å²) in [5.41, 5.74) is -0.439. The van der Waals surface area contributed by atoms with Gasteiger partial charge in [-0.3, -0.25) is 0 Å². The lowest BCUT2D eigenvalue weighted by Gasteiger charge is -2.32. The molecule has 0 aromatic carbocycles. The lowest BCUT2D eigenvalue weighted by Crippen LogP contribution is -2.41. The van der Waals surface area contributed by atoms with Gasteiger partial charge in [0.05, 0.1) is 16.9 Å². The first kappa shape index (κ1) is 19.3. The van der Waals surface area contributed by atoms with Crippen LogP contribution in [0.15, 0.2) is 35.1 Å². The van der Waals surface area contributed by atoms with E-state index >= 15 is 0 Å². The molecule has 0 radical (unpaired) electrons. The smallest absolute Gasteiger partial charge is 0.456 e. The normalized spacial score (nSPS) is 23.4. The Balaban J connectivity index is 2.16. The Hall–Kier alpha value is -2.04. The summed E-state index contributed by atoms with van der Waals surface area (Å²) in [6.07, 6.45) is 5.11. The molecule has 0 bridgehead atoms. The minimum Gasteiger partial charge on any atom is -0.456 e. The third-order valence-electron chi connectivity index (χ3n) is 4.35. The SMILES string of the molecule is CC(C)(C)OC(=O)C(C#N)=C1C=CC(B2OC(C)(C)C(C)(C)O2)=CN1. The zero-order valence-corrected chi connectivity index (χ0v) is 15.9. The van der Waals surface area contributed by atoms with E-state index in [9.17, 15) is 10.1 Å². The molecular weight excluding hydrogens is 319 g/mol. The molecule has 0 amide bonds. The van der Waals surface area contributed by atoms with Crippen LogP contribution in [0.3, 0.4) is 0 Å². The number of allylic oxidation sites excluding steroid dienone is 3. The van der Waals surface area contributed by atoms with Gasteiger partial charge in [0.15, 0.2) is 5.57 Å². The number of carbonyl (C=O) groups is 1. The van der Waals surface area contributed by atoms with Crippen LogP contribution >= 0.6 is 0 Å². The van der Waals surface area contributed by atoms with E-state index in [0.717, 1.165) is 5.47 Å². The van der Waals surface area contributed by atoms with E-state index in [1.165, 1.54) is 0 Å². The quantitative estimate of drug-likeness (QED) is 0.359. The highest BCUT2D eigenvalue weighted by atomic mass is 16.7. The Labute approximate surface area is 149 Å². The number of nitrogens with one attached hydrogen (secondary N) is 1. The predicted octanol–water partition coefficient (Wildman–Crippen LogP) is 2.78. The fraction of sp³-hybridized carbons (Fsp3) is 0.556. The van der Waals surface area contributed by atoms with Crippen LogP contribution in [-0.4, -0.2) is 29.9 Å². The van der Waals surface area contributed by atoms with E-state index in [2.05, 4.69) is 5.32 Å². The lowest BCUT2D eigenvalue weighted by atomic mass is 9.77. The maximum absolute atomic E-state index is 12.2. The summed E-state index contributed by atoms with van der Waals surface area (Å²) in [4.78, 5) is 12.2. The topological polar surface area (TPSA) is 80.6 Å². The number of esters is 1. The van der Waals surface area contributed by atoms with Gasteiger partial charge in [0, 0.05) is 6.20 Å². The van der Waals surface area contributed by atoms with Crippen molar-refractivity contribution in [2.24, 2.45) is 0 Å². The van der Waals surface area contributed by atoms with Crippen molar-refractivity contribution in [2.45, 2.75) is 65.3 Å². The van der Waals surface area contributed by atoms with E-state index in [1.54, 1.807) is 39.1 Å². The van der Waals surface area contributed by atoms with Crippen LogP contribution in [0.2, 0.25) is 0 Å². The molecule has 0 atom stereocenters. The third-order valence-corrected chi connectivity index (χ3v) is 4.35. The minimum atomic E-state index is -0.665. The molecule has 2 aliphatic heterocycles. The van der Waals surface area contributed by atoms with Gasteiger partial charge >= 0.3 is 13.1 Å². The average Bonchev–Trinajstić information content (AvgIpc) is 2.67. The van der Waals surface area contributed by atoms with Crippen molar-refractivity contribution >= 4 is 13.1 Å². The van der Waals surface area contributed by atoms with Gasteiger partial charge in [-0.1, -0.05) is 6.08 Å². The van der Waals surface area contributed by atoms with E-state index in [1.807, 2.05) is 33.8 Å². The molecule has 134 valence electrons. The fourth-order valence-electron chi connectivity index (χ4n) is 2.26. The standard InChI is InChI=1S/C18H25BN2O4/c1-16(2,3)23-15(22)13(10-20)14-9-8-12(11-21-14)19-24-17(4,5)18(6,7)25-19/h8-9,11,21H,1-7H3. The summed E-state index contributed by atoms with van der Waals surface area (Å²) >= 11 is 0. The van der Waals surface area contributed by atoms with Gasteiger partial charge in [0.1, 0.15) is 11.7 Å². The molecule has 1 fully saturated rings. The molecule has 0 aliphatic carbocycles. The lowest BCUT2D eigenvalue weighted by molar-refractivity contribution is -0.149. The molecule has 0 aromatic rings. The number of dihydropyridines is 1. The average molecular weight is 344 g/mol. The highest BCUT2D eigenvalue weighted by Gasteiger charge is 2.52. The summed E-state index contributed by atoms with van der Waals surface area (Å²) < 4.78 is 17.2. The van der Waals surface area contributed by atoms with Crippen molar-refractivity contribution in [1.82, 2.24) is 5.32 Å². The maximum atomic E-state index is 12.2. The number of ether oxygens (including phenoxy) is 1. The second kappa shape index (κ2) is 6.36. The van der Waals surface area contributed by atoms with Crippen molar-refractivity contribution in [3.8, 4) is 6.07 Å². The summed E-state index contributed by atoms with van der Waals surface area (Å²) in [6, 6.07) is 1.90. The largest absolute Gasteiger partial charge is 0.496 e. The highest BCUT2D eigenvalue weighted by molar-refractivity contribution is 6.55. The molecule has 0 unspecified atom stereocenters. The van der Waals surface area contributed by atoms with E-state index < -0.39 is 29.9 Å². The molecule has 1 saturated heterocycles. The Kier molecular flexibility index (Phi) is 4.91. The first-order chi connectivity index (χ1) is 11.4. The van der Waals surface area contributed by atoms with E-state index in [-0.39, 0.29) is 5.57 Å². The Bertz CT molecular complexity index is 690. The van der Waals surface area contributed by atoms with Crippen LogP contribution in [0.25, 0.3) is 0 Å². The molecule has 0 aromatic heterocycles. The van der Waals surface area contributed by atoms with Crippen LogP contribution in [0.4, 0.5) is 0 Å². The monoisotopic (exact) mass is 344 g/mol. The summed E-state index contributed by atoms with van der Waals surface area (Å²) in [7, 11) is -0.512. The van der Waals surface area contributed by atoms with Crippen LogP contribution in [0.1, 0.15) is 48.5 Å². The molecule has 0 saturated carbocycles. The molecule has 7 heteroatoms. The highest BCUT2D eigenvalue weighted by Crippen LogP contribution is 2.39. The second-order valence-corrected chi connectivity index (χ2v) is 8.11. The van der Waals surface area contributed by atoms with Crippen molar-refractivity contribution in [1.29, 1.82) is 5.26 Å². The van der Waals surface area contributed by atoms with Crippen LogP contribution in [-0.2, 0) is 18.8 Å². The fourth-order valence-corrected chi connectivity index (χ4v) is 2.26. The maximum Gasteiger partial charge on any atom is 0.496 e. The number of carbonyl (C=O) groups excluding carboxylic acids is 1. The Morgan fingerprint density at radius 1 is 1.20 bits per heavy atom. The molecule has 2 heterocycles. The van der Waals surface area contributed by atoms with Gasteiger partial charge in [0.2, 0.25) is 0 Å². The third kappa shape index (κ3) is 4.14. The van der Waals surface area contributed by atoms with E-state index in [4.69, 9.17) is 14.0 Å². The van der Waals surface area contributed by atoms with Gasteiger partial charge < -0.3 is 19.4 Å².